The molecule has 1 aliphatic carbocycles. The number of hydrogen-bond donors (Lipinski definition) is 1. The first-order valence-corrected chi connectivity index (χ1v) is 7.18. The van der Waals surface area contributed by atoms with Crippen LogP contribution in [0.2, 0.25) is 0 Å². The van der Waals surface area contributed by atoms with E-state index in [4.69, 9.17) is 11.6 Å². The second-order valence-electron chi connectivity index (χ2n) is 5.24. The standard InChI is InChI=1S/C17H16ClNO/c1-11-6-8-12(9-7-11)17(20)19-16-14-5-3-2-4-13(14)10-15(16)18/h2-9,15-16H,10H2,1H3,(H,19,20). The van der Waals surface area contributed by atoms with Crippen molar-refractivity contribution in [3.8, 4) is 0 Å². The third-order valence-corrected chi connectivity index (χ3v) is 4.17. The van der Waals surface area contributed by atoms with Gasteiger partial charge in [-0.15, -0.1) is 11.6 Å². The van der Waals surface area contributed by atoms with Crippen molar-refractivity contribution in [1.29, 1.82) is 0 Å². The van der Waals surface area contributed by atoms with Crippen molar-refractivity contribution in [3.05, 3.63) is 70.8 Å². The van der Waals surface area contributed by atoms with E-state index in [1.807, 2.05) is 49.4 Å². The van der Waals surface area contributed by atoms with Gasteiger partial charge in [0.05, 0.1) is 11.4 Å². The molecule has 2 aromatic rings. The van der Waals surface area contributed by atoms with Crippen molar-refractivity contribution in [2.24, 2.45) is 0 Å². The van der Waals surface area contributed by atoms with Crippen LogP contribution in [-0.2, 0) is 6.42 Å². The average Bonchev–Trinajstić information content (AvgIpc) is 2.76. The van der Waals surface area contributed by atoms with E-state index in [1.165, 1.54) is 5.56 Å². The first kappa shape index (κ1) is 13.2. The van der Waals surface area contributed by atoms with Gasteiger partial charge in [0, 0.05) is 5.56 Å². The molecule has 1 N–H and O–H groups in total. The molecule has 20 heavy (non-hydrogen) atoms. The first-order valence-electron chi connectivity index (χ1n) is 6.74. The topological polar surface area (TPSA) is 29.1 Å². The van der Waals surface area contributed by atoms with Gasteiger partial charge in [0.15, 0.2) is 0 Å². The van der Waals surface area contributed by atoms with Crippen LogP contribution in [0.3, 0.4) is 0 Å². The van der Waals surface area contributed by atoms with Gasteiger partial charge in [0.25, 0.3) is 5.91 Å². The summed E-state index contributed by atoms with van der Waals surface area (Å²) in [5.41, 5.74) is 4.17. The molecule has 0 fully saturated rings. The number of rotatable bonds is 2. The maximum absolute atomic E-state index is 12.3. The van der Waals surface area contributed by atoms with Crippen molar-refractivity contribution in [1.82, 2.24) is 5.32 Å². The lowest BCUT2D eigenvalue weighted by molar-refractivity contribution is 0.0937. The second-order valence-corrected chi connectivity index (χ2v) is 5.80. The number of benzene rings is 2. The molecular weight excluding hydrogens is 270 g/mol. The number of aryl methyl sites for hydroxylation is 1. The Labute approximate surface area is 123 Å². The molecule has 0 bridgehead atoms. The fourth-order valence-electron chi connectivity index (χ4n) is 2.64. The van der Waals surface area contributed by atoms with E-state index in [-0.39, 0.29) is 17.3 Å². The molecule has 1 aliphatic rings. The van der Waals surface area contributed by atoms with E-state index in [2.05, 4.69) is 11.4 Å². The molecule has 2 aromatic carbocycles. The number of alkyl halides is 1. The SMILES string of the molecule is Cc1ccc(C(=O)NC2c3ccccc3CC2Cl)cc1. The van der Waals surface area contributed by atoms with Gasteiger partial charge in [-0.1, -0.05) is 42.0 Å². The largest absolute Gasteiger partial charge is 0.344 e. The molecule has 0 spiro atoms. The monoisotopic (exact) mass is 285 g/mol. The minimum Gasteiger partial charge on any atom is -0.344 e. The summed E-state index contributed by atoms with van der Waals surface area (Å²) in [5.74, 6) is -0.0719. The van der Waals surface area contributed by atoms with E-state index >= 15 is 0 Å². The minimum atomic E-state index is -0.110. The lowest BCUT2D eigenvalue weighted by Gasteiger charge is -2.17. The molecular formula is C17H16ClNO. The molecule has 0 saturated carbocycles. The summed E-state index contributed by atoms with van der Waals surface area (Å²) in [7, 11) is 0. The normalized spacial score (nSPS) is 20.5. The van der Waals surface area contributed by atoms with Crippen molar-refractivity contribution < 1.29 is 4.79 Å². The molecule has 102 valence electrons. The van der Waals surface area contributed by atoms with Crippen LogP contribution in [-0.4, -0.2) is 11.3 Å². The molecule has 2 nitrogen and oxygen atoms in total. The van der Waals surface area contributed by atoms with Crippen LogP contribution in [0, 0.1) is 6.92 Å². The maximum atomic E-state index is 12.3. The fourth-order valence-corrected chi connectivity index (χ4v) is 3.01. The molecule has 3 heteroatoms. The van der Waals surface area contributed by atoms with Gasteiger partial charge in [-0.2, -0.15) is 0 Å². The summed E-state index contributed by atoms with van der Waals surface area (Å²) in [4.78, 5) is 12.3. The van der Waals surface area contributed by atoms with Gasteiger partial charge in [-0.25, -0.2) is 0 Å². The summed E-state index contributed by atoms with van der Waals surface area (Å²) in [6, 6.07) is 15.6. The Balaban J connectivity index is 1.81. The first-order chi connectivity index (χ1) is 9.65. The lowest BCUT2D eigenvalue weighted by atomic mass is 10.1. The van der Waals surface area contributed by atoms with Crippen LogP contribution in [0.1, 0.15) is 33.1 Å². The molecule has 0 aliphatic heterocycles. The highest BCUT2D eigenvalue weighted by Gasteiger charge is 2.31. The Morgan fingerprint density at radius 2 is 1.85 bits per heavy atom. The third-order valence-electron chi connectivity index (χ3n) is 3.77. The van der Waals surface area contributed by atoms with Crippen molar-refractivity contribution in [3.63, 3.8) is 0 Å². The van der Waals surface area contributed by atoms with Crippen LogP contribution in [0.4, 0.5) is 0 Å². The van der Waals surface area contributed by atoms with Crippen LogP contribution in [0.5, 0.6) is 0 Å². The Hall–Kier alpha value is -1.80. The highest BCUT2D eigenvalue weighted by molar-refractivity contribution is 6.21. The number of hydrogen-bond acceptors (Lipinski definition) is 1. The van der Waals surface area contributed by atoms with Gasteiger partial charge in [0.1, 0.15) is 0 Å². The van der Waals surface area contributed by atoms with Gasteiger partial charge in [-0.05, 0) is 36.6 Å². The predicted octanol–water partition coefficient (Wildman–Crippen LogP) is 3.63. The Morgan fingerprint density at radius 3 is 2.60 bits per heavy atom. The van der Waals surface area contributed by atoms with E-state index in [1.54, 1.807) is 0 Å². The van der Waals surface area contributed by atoms with E-state index in [9.17, 15) is 4.79 Å². The number of halogens is 1. The smallest absolute Gasteiger partial charge is 0.251 e. The second kappa shape index (κ2) is 5.29. The Bertz CT molecular complexity index is 636. The van der Waals surface area contributed by atoms with Crippen molar-refractivity contribution in [2.45, 2.75) is 24.8 Å². The van der Waals surface area contributed by atoms with E-state index in [0.29, 0.717) is 5.56 Å². The van der Waals surface area contributed by atoms with E-state index in [0.717, 1.165) is 17.5 Å². The van der Waals surface area contributed by atoms with Crippen LogP contribution in [0.25, 0.3) is 0 Å². The minimum absolute atomic E-state index is 0.0719. The zero-order valence-electron chi connectivity index (χ0n) is 11.3. The number of fused-ring (bicyclic) bond motifs is 1. The molecule has 0 saturated heterocycles. The van der Waals surface area contributed by atoms with Crippen LogP contribution in [0.15, 0.2) is 48.5 Å². The van der Waals surface area contributed by atoms with Gasteiger partial charge < -0.3 is 5.32 Å². The van der Waals surface area contributed by atoms with Gasteiger partial charge >= 0.3 is 0 Å². The highest BCUT2D eigenvalue weighted by atomic mass is 35.5. The summed E-state index contributed by atoms with van der Waals surface area (Å²) >= 11 is 6.39. The number of nitrogens with one attached hydrogen (secondary N) is 1. The summed E-state index contributed by atoms with van der Waals surface area (Å²) in [6.07, 6.45) is 0.802. The van der Waals surface area contributed by atoms with Crippen LogP contribution >= 0.6 is 11.6 Å². The molecule has 0 radical (unpaired) electrons. The fraction of sp³-hybridized carbons (Fsp3) is 0.235. The number of carbonyl (C=O) groups excluding carboxylic acids is 1. The van der Waals surface area contributed by atoms with Crippen molar-refractivity contribution in [2.75, 3.05) is 0 Å². The van der Waals surface area contributed by atoms with E-state index < -0.39 is 0 Å². The molecule has 2 atom stereocenters. The molecule has 1 amide bonds. The summed E-state index contributed by atoms with van der Waals surface area (Å²) in [6.45, 7) is 2.00. The summed E-state index contributed by atoms with van der Waals surface area (Å²) < 4.78 is 0. The average molecular weight is 286 g/mol. The Morgan fingerprint density at radius 1 is 1.15 bits per heavy atom. The Kier molecular flexibility index (Phi) is 3.49. The predicted molar refractivity (Wildman–Crippen MR) is 81.2 cm³/mol. The van der Waals surface area contributed by atoms with Crippen LogP contribution < -0.4 is 5.32 Å². The van der Waals surface area contributed by atoms with Gasteiger partial charge in [-0.3, -0.25) is 4.79 Å². The molecule has 0 heterocycles. The summed E-state index contributed by atoms with van der Waals surface area (Å²) in [5, 5.41) is 2.97. The number of amides is 1. The maximum Gasteiger partial charge on any atom is 0.251 e. The zero-order chi connectivity index (χ0) is 14.1. The van der Waals surface area contributed by atoms with Crippen molar-refractivity contribution >= 4 is 17.5 Å². The lowest BCUT2D eigenvalue weighted by Crippen LogP contribution is -2.31. The van der Waals surface area contributed by atoms with Gasteiger partial charge in [0.2, 0.25) is 0 Å². The molecule has 0 aromatic heterocycles. The molecule has 3 rings (SSSR count). The zero-order valence-corrected chi connectivity index (χ0v) is 12.0. The third kappa shape index (κ3) is 2.44. The molecule has 2 unspecified atom stereocenters. The highest BCUT2D eigenvalue weighted by Crippen LogP contribution is 2.34. The quantitative estimate of drug-likeness (QED) is 0.839. The number of carbonyl (C=O) groups is 1.